The summed E-state index contributed by atoms with van der Waals surface area (Å²) in [6, 6.07) is 0. The van der Waals surface area contributed by atoms with Crippen LogP contribution in [0.15, 0.2) is 30.4 Å². The van der Waals surface area contributed by atoms with Gasteiger partial charge in [-0.2, -0.15) is 0 Å². The molecule has 1 N–H and O–H groups in total. The lowest BCUT2D eigenvalue weighted by Crippen LogP contribution is -2.05. The van der Waals surface area contributed by atoms with Crippen LogP contribution in [0, 0.1) is 6.08 Å². The Morgan fingerprint density at radius 1 is 1.75 bits per heavy atom. The molecule has 1 unspecified atom stereocenters. The second-order valence-electron chi connectivity index (χ2n) is 1.67. The summed E-state index contributed by atoms with van der Waals surface area (Å²) in [5.74, 6) is 0. The van der Waals surface area contributed by atoms with Gasteiger partial charge >= 0.3 is 0 Å². The third-order valence-corrected chi connectivity index (χ3v) is 1.02. The van der Waals surface area contributed by atoms with Gasteiger partial charge in [-0.3, -0.25) is 0 Å². The summed E-state index contributed by atoms with van der Waals surface area (Å²) in [4.78, 5) is 0. The third kappa shape index (κ3) is 0.873. The number of aliphatic hydroxyl groups excluding tert-OH is 1. The standard InChI is InChI=1S/C7H7O/c1-6-4-2-3-5-7(6)8/h2-3,5,7-8H,1H2. The largest absolute Gasteiger partial charge is 0.384 e. The van der Waals surface area contributed by atoms with Crippen molar-refractivity contribution in [2.45, 2.75) is 6.10 Å². The zero-order valence-electron chi connectivity index (χ0n) is 4.46. The Balaban J connectivity index is 2.74. The van der Waals surface area contributed by atoms with Gasteiger partial charge in [-0.25, -0.2) is 0 Å². The molecule has 0 aromatic heterocycles. The molecule has 0 saturated heterocycles. The minimum absolute atomic E-state index is 0.514. The summed E-state index contributed by atoms with van der Waals surface area (Å²) in [5.41, 5.74) is 0.632. The van der Waals surface area contributed by atoms with Crippen molar-refractivity contribution >= 4 is 0 Å². The molecule has 41 valence electrons. The second kappa shape index (κ2) is 1.97. The van der Waals surface area contributed by atoms with E-state index in [2.05, 4.69) is 12.7 Å². The summed E-state index contributed by atoms with van der Waals surface area (Å²) in [6.07, 6.45) is 7.41. The summed E-state index contributed by atoms with van der Waals surface area (Å²) >= 11 is 0. The lowest BCUT2D eigenvalue weighted by atomic mass is 10.1. The molecule has 0 spiro atoms. The van der Waals surface area contributed by atoms with Gasteiger partial charge in [0, 0.05) is 0 Å². The van der Waals surface area contributed by atoms with Crippen LogP contribution in [0.5, 0.6) is 0 Å². The fraction of sp³-hybridized carbons (Fsp3) is 0.143. The van der Waals surface area contributed by atoms with Crippen LogP contribution in [0.4, 0.5) is 0 Å². The van der Waals surface area contributed by atoms with E-state index in [-0.39, 0.29) is 0 Å². The average molecular weight is 107 g/mol. The highest BCUT2D eigenvalue weighted by Gasteiger charge is 2.02. The van der Waals surface area contributed by atoms with Crippen LogP contribution in [-0.4, -0.2) is 11.2 Å². The molecular formula is C7H7O. The fourth-order valence-electron chi connectivity index (χ4n) is 0.517. The van der Waals surface area contributed by atoms with Gasteiger partial charge in [0.05, 0.1) is 6.10 Å². The Morgan fingerprint density at radius 2 is 2.50 bits per heavy atom. The molecule has 0 saturated carbocycles. The summed E-state index contributed by atoms with van der Waals surface area (Å²) in [5, 5.41) is 8.91. The molecule has 8 heavy (non-hydrogen) atoms. The van der Waals surface area contributed by atoms with Gasteiger partial charge < -0.3 is 5.11 Å². The quantitative estimate of drug-likeness (QED) is 0.486. The van der Waals surface area contributed by atoms with Gasteiger partial charge in [-0.1, -0.05) is 24.8 Å². The minimum atomic E-state index is -0.514. The predicted octanol–water partition coefficient (Wildman–Crippen LogP) is 0.833. The van der Waals surface area contributed by atoms with Crippen LogP contribution >= 0.6 is 0 Å². The van der Waals surface area contributed by atoms with Gasteiger partial charge in [0.25, 0.3) is 0 Å². The van der Waals surface area contributed by atoms with E-state index < -0.39 is 6.10 Å². The summed E-state index contributed by atoms with van der Waals surface area (Å²) < 4.78 is 0. The zero-order valence-corrected chi connectivity index (χ0v) is 4.46. The summed E-state index contributed by atoms with van der Waals surface area (Å²) in [7, 11) is 0. The molecule has 1 atom stereocenters. The highest BCUT2D eigenvalue weighted by molar-refractivity contribution is 5.27. The van der Waals surface area contributed by atoms with Crippen LogP contribution in [-0.2, 0) is 0 Å². The second-order valence-corrected chi connectivity index (χ2v) is 1.67. The van der Waals surface area contributed by atoms with Crippen LogP contribution < -0.4 is 0 Å². The van der Waals surface area contributed by atoms with Crippen molar-refractivity contribution in [3.05, 3.63) is 36.5 Å². The average Bonchev–Trinajstić information content (AvgIpc) is 1.77. The van der Waals surface area contributed by atoms with E-state index in [4.69, 9.17) is 5.11 Å². The third-order valence-electron chi connectivity index (χ3n) is 1.02. The highest BCUT2D eigenvalue weighted by Crippen LogP contribution is 2.06. The molecule has 0 fully saturated rings. The van der Waals surface area contributed by atoms with E-state index in [1.807, 2.05) is 0 Å². The molecule has 0 heterocycles. The predicted molar refractivity (Wildman–Crippen MR) is 32.1 cm³/mol. The molecule has 0 bridgehead atoms. The van der Waals surface area contributed by atoms with E-state index >= 15 is 0 Å². The molecule has 1 aliphatic carbocycles. The smallest absolute Gasteiger partial charge is 0.0975 e. The lowest BCUT2D eigenvalue weighted by Gasteiger charge is -2.05. The first-order chi connectivity index (χ1) is 3.80. The Labute approximate surface area is 48.6 Å². The molecule has 1 heteroatoms. The summed E-state index contributed by atoms with van der Waals surface area (Å²) in [6.45, 7) is 3.55. The van der Waals surface area contributed by atoms with Crippen LogP contribution in [0.25, 0.3) is 0 Å². The van der Waals surface area contributed by atoms with Crippen molar-refractivity contribution in [3.8, 4) is 0 Å². The van der Waals surface area contributed by atoms with Crippen molar-refractivity contribution in [1.82, 2.24) is 0 Å². The SMILES string of the molecule is C=C1[C]=CC=CC1O. The number of rotatable bonds is 0. The first-order valence-corrected chi connectivity index (χ1v) is 2.44. The fourth-order valence-corrected chi connectivity index (χ4v) is 0.517. The van der Waals surface area contributed by atoms with Crippen molar-refractivity contribution in [2.75, 3.05) is 0 Å². The molecule has 0 aromatic carbocycles. The monoisotopic (exact) mass is 107 g/mol. The molecular weight excluding hydrogens is 100 g/mol. The maximum atomic E-state index is 8.91. The van der Waals surface area contributed by atoms with Gasteiger partial charge in [0.2, 0.25) is 0 Å². The Morgan fingerprint density at radius 3 is 2.88 bits per heavy atom. The van der Waals surface area contributed by atoms with E-state index in [9.17, 15) is 0 Å². The number of hydrogen-bond acceptors (Lipinski definition) is 1. The molecule has 0 amide bonds. The van der Waals surface area contributed by atoms with E-state index in [0.29, 0.717) is 5.57 Å². The van der Waals surface area contributed by atoms with Gasteiger partial charge in [-0.15, -0.1) is 0 Å². The van der Waals surface area contributed by atoms with Crippen molar-refractivity contribution in [2.24, 2.45) is 0 Å². The number of allylic oxidation sites excluding steroid dienone is 2. The molecule has 0 aromatic rings. The van der Waals surface area contributed by atoms with Crippen molar-refractivity contribution < 1.29 is 5.11 Å². The van der Waals surface area contributed by atoms with Gasteiger partial charge in [0.15, 0.2) is 0 Å². The Kier molecular flexibility index (Phi) is 1.31. The number of hydrogen-bond donors (Lipinski definition) is 1. The zero-order chi connectivity index (χ0) is 5.98. The first-order valence-electron chi connectivity index (χ1n) is 2.44. The Bertz CT molecular complexity index is 154. The van der Waals surface area contributed by atoms with Crippen molar-refractivity contribution in [1.29, 1.82) is 0 Å². The van der Waals surface area contributed by atoms with Crippen LogP contribution in [0.2, 0.25) is 0 Å². The molecule has 1 aliphatic rings. The molecule has 1 rings (SSSR count). The van der Waals surface area contributed by atoms with Crippen LogP contribution in [0.1, 0.15) is 0 Å². The maximum Gasteiger partial charge on any atom is 0.0975 e. The Hall–Kier alpha value is -0.820. The molecule has 0 aliphatic heterocycles. The van der Waals surface area contributed by atoms with Gasteiger partial charge in [0.1, 0.15) is 0 Å². The van der Waals surface area contributed by atoms with E-state index in [1.165, 1.54) is 0 Å². The normalized spacial score (nSPS) is 26.6. The highest BCUT2D eigenvalue weighted by atomic mass is 16.3. The van der Waals surface area contributed by atoms with Crippen molar-refractivity contribution in [3.63, 3.8) is 0 Å². The van der Waals surface area contributed by atoms with Gasteiger partial charge in [-0.05, 0) is 11.6 Å². The van der Waals surface area contributed by atoms with Crippen LogP contribution in [0.3, 0.4) is 0 Å². The first kappa shape index (κ1) is 5.32. The van der Waals surface area contributed by atoms with E-state index in [0.717, 1.165) is 0 Å². The molecule has 1 radical (unpaired) electrons. The lowest BCUT2D eigenvalue weighted by molar-refractivity contribution is 0.261. The topological polar surface area (TPSA) is 20.2 Å². The van der Waals surface area contributed by atoms with E-state index in [1.54, 1.807) is 18.2 Å². The molecule has 1 nitrogen and oxygen atoms in total. The number of aliphatic hydroxyl groups is 1. The minimum Gasteiger partial charge on any atom is -0.384 e. The maximum absolute atomic E-state index is 8.91.